The van der Waals surface area contributed by atoms with E-state index in [0.717, 1.165) is 6.04 Å². The standard InChI is InChI=1S/C8H16N2.C2H6/c1-2-6-10(5-1)8-3-4-9-7-8;1-2/h8-9H,1-7H2;1-2H3. The maximum absolute atomic E-state index is 3.41. The lowest BCUT2D eigenvalue weighted by Crippen LogP contribution is -2.34. The van der Waals surface area contributed by atoms with Crippen LogP contribution in [0.25, 0.3) is 0 Å². The fraction of sp³-hybridized carbons (Fsp3) is 1.00. The first-order valence-corrected chi connectivity index (χ1v) is 5.41. The number of likely N-dealkylation sites (tertiary alicyclic amines) is 1. The average molecular weight is 170 g/mol. The SMILES string of the molecule is C1CCN(C2CCNC2)C1.CC. The van der Waals surface area contributed by atoms with E-state index in [9.17, 15) is 0 Å². The van der Waals surface area contributed by atoms with Crippen molar-refractivity contribution in [3.8, 4) is 0 Å². The summed E-state index contributed by atoms with van der Waals surface area (Å²) in [5, 5.41) is 3.41. The van der Waals surface area contributed by atoms with Gasteiger partial charge < -0.3 is 5.32 Å². The molecule has 12 heavy (non-hydrogen) atoms. The van der Waals surface area contributed by atoms with Gasteiger partial charge in [-0.2, -0.15) is 0 Å². The van der Waals surface area contributed by atoms with Crippen molar-refractivity contribution in [2.45, 2.75) is 39.2 Å². The highest BCUT2D eigenvalue weighted by atomic mass is 15.2. The van der Waals surface area contributed by atoms with E-state index in [0.29, 0.717) is 0 Å². The first kappa shape index (κ1) is 10.0. The highest BCUT2D eigenvalue weighted by Gasteiger charge is 2.23. The van der Waals surface area contributed by atoms with E-state index >= 15 is 0 Å². The molecule has 0 spiro atoms. The van der Waals surface area contributed by atoms with Crippen molar-refractivity contribution in [3.05, 3.63) is 0 Å². The van der Waals surface area contributed by atoms with Crippen molar-refractivity contribution in [1.29, 1.82) is 0 Å². The summed E-state index contributed by atoms with van der Waals surface area (Å²) in [6.07, 6.45) is 4.23. The van der Waals surface area contributed by atoms with Crippen molar-refractivity contribution >= 4 is 0 Å². The van der Waals surface area contributed by atoms with Crippen molar-refractivity contribution in [1.82, 2.24) is 10.2 Å². The zero-order valence-corrected chi connectivity index (χ0v) is 8.47. The molecule has 0 aromatic rings. The number of nitrogens with zero attached hydrogens (tertiary/aromatic N) is 1. The highest BCUT2D eigenvalue weighted by Crippen LogP contribution is 2.15. The summed E-state index contributed by atoms with van der Waals surface area (Å²) in [6.45, 7) is 9.18. The smallest absolute Gasteiger partial charge is 0.0232 e. The Balaban J connectivity index is 0.000000336. The van der Waals surface area contributed by atoms with Gasteiger partial charge in [-0.1, -0.05) is 13.8 Å². The maximum Gasteiger partial charge on any atom is 0.0232 e. The van der Waals surface area contributed by atoms with E-state index in [4.69, 9.17) is 0 Å². The molecule has 72 valence electrons. The minimum Gasteiger partial charge on any atom is -0.315 e. The average Bonchev–Trinajstić information content (AvgIpc) is 2.80. The van der Waals surface area contributed by atoms with Gasteiger partial charge in [-0.05, 0) is 38.9 Å². The van der Waals surface area contributed by atoms with Crippen molar-refractivity contribution in [2.24, 2.45) is 0 Å². The Kier molecular flexibility index (Phi) is 4.62. The molecule has 2 heteroatoms. The van der Waals surface area contributed by atoms with Gasteiger partial charge in [0.15, 0.2) is 0 Å². The third kappa shape index (κ3) is 2.46. The maximum atomic E-state index is 3.41. The summed E-state index contributed by atoms with van der Waals surface area (Å²) in [7, 11) is 0. The molecule has 2 aliphatic heterocycles. The molecule has 1 unspecified atom stereocenters. The molecule has 0 saturated carbocycles. The fourth-order valence-corrected chi connectivity index (χ4v) is 2.06. The van der Waals surface area contributed by atoms with E-state index in [1.54, 1.807) is 0 Å². The minimum absolute atomic E-state index is 0.877. The molecule has 0 aromatic heterocycles. The van der Waals surface area contributed by atoms with Crippen molar-refractivity contribution < 1.29 is 0 Å². The van der Waals surface area contributed by atoms with Crippen LogP contribution in [0.2, 0.25) is 0 Å². The number of nitrogens with one attached hydrogen (secondary N) is 1. The van der Waals surface area contributed by atoms with Crippen LogP contribution in [0.5, 0.6) is 0 Å². The quantitative estimate of drug-likeness (QED) is 0.641. The Bertz CT molecular complexity index is 88.4. The fourth-order valence-electron chi connectivity index (χ4n) is 2.06. The molecule has 2 rings (SSSR count). The minimum atomic E-state index is 0.877. The lowest BCUT2D eigenvalue weighted by Gasteiger charge is -2.21. The molecule has 0 radical (unpaired) electrons. The Morgan fingerprint density at radius 1 is 1.17 bits per heavy atom. The third-order valence-corrected chi connectivity index (χ3v) is 2.69. The monoisotopic (exact) mass is 170 g/mol. The summed E-state index contributed by atoms with van der Waals surface area (Å²) < 4.78 is 0. The molecule has 2 fully saturated rings. The molecule has 2 saturated heterocycles. The van der Waals surface area contributed by atoms with Gasteiger partial charge in [-0.15, -0.1) is 0 Å². The van der Waals surface area contributed by atoms with Crippen LogP contribution in [0.3, 0.4) is 0 Å². The second kappa shape index (κ2) is 5.55. The Labute approximate surface area is 76.3 Å². The molecule has 1 atom stereocenters. The van der Waals surface area contributed by atoms with Crippen LogP contribution >= 0.6 is 0 Å². The molecule has 0 amide bonds. The second-order valence-corrected chi connectivity index (χ2v) is 3.39. The lowest BCUT2D eigenvalue weighted by molar-refractivity contribution is 0.258. The number of hydrogen-bond acceptors (Lipinski definition) is 2. The molecular weight excluding hydrogens is 148 g/mol. The Hall–Kier alpha value is -0.0800. The number of hydrogen-bond donors (Lipinski definition) is 1. The predicted octanol–water partition coefficient (Wildman–Crippen LogP) is 1.47. The van der Waals surface area contributed by atoms with Gasteiger partial charge in [0.2, 0.25) is 0 Å². The van der Waals surface area contributed by atoms with Gasteiger partial charge >= 0.3 is 0 Å². The predicted molar refractivity (Wildman–Crippen MR) is 53.4 cm³/mol. The number of rotatable bonds is 1. The first-order valence-electron chi connectivity index (χ1n) is 5.41. The van der Waals surface area contributed by atoms with Gasteiger partial charge in [-0.3, -0.25) is 4.90 Å². The highest BCUT2D eigenvalue weighted by molar-refractivity contribution is 4.82. The molecular formula is C10H22N2. The third-order valence-electron chi connectivity index (χ3n) is 2.69. The Morgan fingerprint density at radius 3 is 2.33 bits per heavy atom. The van der Waals surface area contributed by atoms with Crippen LogP contribution in [0.4, 0.5) is 0 Å². The first-order chi connectivity index (χ1) is 5.97. The van der Waals surface area contributed by atoms with Gasteiger partial charge in [0, 0.05) is 12.6 Å². The topological polar surface area (TPSA) is 15.3 Å². The van der Waals surface area contributed by atoms with Gasteiger partial charge in [0.1, 0.15) is 0 Å². The van der Waals surface area contributed by atoms with Crippen LogP contribution < -0.4 is 5.32 Å². The second-order valence-electron chi connectivity index (χ2n) is 3.39. The van der Waals surface area contributed by atoms with Crippen LogP contribution in [-0.2, 0) is 0 Å². The van der Waals surface area contributed by atoms with Crippen LogP contribution in [0.1, 0.15) is 33.1 Å². The summed E-state index contributed by atoms with van der Waals surface area (Å²) >= 11 is 0. The lowest BCUT2D eigenvalue weighted by atomic mass is 10.2. The summed E-state index contributed by atoms with van der Waals surface area (Å²) in [5.74, 6) is 0. The van der Waals surface area contributed by atoms with Gasteiger partial charge in [-0.25, -0.2) is 0 Å². The van der Waals surface area contributed by atoms with Crippen LogP contribution in [0, 0.1) is 0 Å². The van der Waals surface area contributed by atoms with E-state index < -0.39 is 0 Å². The molecule has 0 aliphatic carbocycles. The van der Waals surface area contributed by atoms with Crippen molar-refractivity contribution in [2.75, 3.05) is 26.2 Å². The molecule has 2 heterocycles. The molecule has 0 bridgehead atoms. The van der Waals surface area contributed by atoms with E-state index in [2.05, 4.69) is 10.2 Å². The van der Waals surface area contributed by atoms with E-state index in [-0.39, 0.29) is 0 Å². The zero-order chi connectivity index (χ0) is 8.81. The van der Waals surface area contributed by atoms with E-state index in [1.165, 1.54) is 45.4 Å². The van der Waals surface area contributed by atoms with Crippen LogP contribution in [0.15, 0.2) is 0 Å². The molecule has 1 N–H and O–H groups in total. The molecule has 2 nitrogen and oxygen atoms in total. The van der Waals surface area contributed by atoms with Gasteiger partial charge in [0.25, 0.3) is 0 Å². The molecule has 0 aromatic carbocycles. The zero-order valence-electron chi connectivity index (χ0n) is 8.47. The largest absolute Gasteiger partial charge is 0.315 e. The van der Waals surface area contributed by atoms with E-state index in [1.807, 2.05) is 13.8 Å². The normalized spacial score (nSPS) is 30.0. The Morgan fingerprint density at radius 2 is 1.83 bits per heavy atom. The summed E-state index contributed by atoms with van der Waals surface area (Å²) in [5.41, 5.74) is 0. The summed E-state index contributed by atoms with van der Waals surface area (Å²) in [6, 6.07) is 0.877. The van der Waals surface area contributed by atoms with Gasteiger partial charge in [0.05, 0.1) is 0 Å². The van der Waals surface area contributed by atoms with Crippen LogP contribution in [-0.4, -0.2) is 37.1 Å². The van der Waals surface area contributed by atoms with Crippen molar-refractivity contribution in [3.63, 3.8) is 0 Å². The molecule has 2 aliphatic rings. The summed E-state index contributed by atoms with van der Waals surface area (Å²) in [4.78, 5) is 2.64.